The highest BCUT2D eigenvalue weighted by Crippen LogP contribution is 2.06. The molecule has 0 saturated carbocycles. The van der Waals surface area contributed by atoms with Crippen LogP contribution in [0.15, 0.2) is 24.5 Å². The second-order valence-corrected chi connectivity index (χ2v) is 5.78. The molecular formula is C13H20Br2N2O2. The summed E-state index contributed by atoms with van der Waals surface area (Å²) in [6.45, 7) is 6.94. The Morgan fingerprint density at radius 3 is 2.42 bits per heavy atom. The molecule has 0 aromatic carbocycles. The number of aromatic nitrogens is 1. The van der Waals surface area contributed by atoms with E-state index in [-0.39, 0.29) is 23.1 Å². The van der Waals surface area contributed by atoms with Crippen molar-refractivity contribution in [2.45, 2.75) is 39.5 Å². The van der Waals surface area contributed by atoms with Crippen LogP contribution in [0.1, 0.15) is 26.3 Å². The first kappa shape index (κ1) is 18.4. The molecule has 1 heterocycles. The lowest BCUT2D eigenvalue weighted by Crippen LogP contribution is -3.00. The van der Waals surface area contributed by atoms with Gasteiger partial charge in [-0.2, -0.15) is 0 Å². The summed E-state index contributed by atoms with van der Waals surface area (Å²) in [5.74, 6) is 0. The van der Waals surface area contributed by atoms with Gasteiger partial charge in [0.15, 0.2) is 18.9 Å². The highest BCUT2D eigenvalue weighted by Gasteiger charge is 2.15. The minimum atomic E-state index is -0.459. The van der Waals surface area contributed by atoms with Crippen molar-refractivity contribution < 1.29 is 31.1 Å². The highest BCUT2D eigenvalue weighted by molar-refractivity contribution is 9.09. The first-order valence-corrected chi connectivity index (χ1v) is 7.03. The van der Waals surface area contributed by atoms with E-state index in [4.69, 9.17) is 4.74 Å². The Balaban J connectivity index is 0.00000324. The van der Waals surface area contributed by atoms with Crippen molar-refractivity contribution in [3.8, 4) is 0 Å². The SMILES string of the molecule is CC(C)(C)OC(=O)NCc1cc[n+](CCBr)cc1.[Br-]. The summed E-state index contributed by atoms with van der Waals surface area (Å²) >= 11 is 3.39. The van der Waals surface area contributed by atoms with Gasteiger partial charge < -0.3 is 27.0 Å². The van der Waals surface area contributed by atoms with Crippen LogP contribution in [0.3, 0.4) is 0 Å². The maximum Gasteiger partial charge on any atom is 0.407 e. The molecule has 0 fully saturated rings. The number of halogens is 2. The van der Waals surface area contributed by atoms with E-state index < -0.39 is 5.60 Å². The Hall–Kier alpha value is -0.620. The van der Waals surface area contributed by atoms with E-state index in [1.165, 1.54) is 0 Å². The molecule has 0 atom stereocenters. The van der Waals surface area contributed by atoms with E-state index in [0.29, 0.717) is 6.54 Å². The van der Waals surface area contributed by atoms with Crippen LogP contribution in [0, 0.1) is 0 Å². The van der Waals surface area contributed by atoms with Gasteiger partial charge in [0.1, 0.15) is 5.60 Å². The van der Waals surface area contributed by atoms with Gasteiger partial charge in [-0.15, -0.1) is 0 Å². The summed E-state index contributed by atoms with van der Waals surface area (Å²) < 4.78 is 7.24. The monoisotopic (exact) mass is 394 g/mol. The number of amides is 1. The number of alkyl carbamates (subject to hydrolysis) is 1. The van der Waals surface area contributed by atoms with Crippen molar-refractivity contribution in [3.05, 3.63) is 30.1 Å². The van der Waals surface area contributed by atoms with Crippen LogP contribution in [0.25, 0.3) is 0 Å². The minimum absolute atomic E-state index is 0. The molecule has 0 unspecified atom stereocenters. The van der Waals surface area contributed by atoms with Crippen LogP contribution >= 0.6 is 15.9 Å². The molecule has 19 heavy (non-hydrogen) atoms. The third-order valence-electron chi connectivity index (χ3n) is 2.14. The van der Waals surface area contributed by atoms with Crippen molar-refractivity contribution in [2.75, 3.05) is 5.33 Å². The van der Waals surface area contributed by atoms with Crippen molar-refractivity contribution in [2.24, 2.45) is 0 Å². The lowest BCUT2D eigenvalue weighted by Gasteiger charge is -2.19. The van der Waals surface area contributed by atoms with E-state index in [2.05, 4.69) is 25.8 Å². The zero-order valence-electron chi connectivity index (χ0n) is 11.5. The quantitative estimate of drug-likeness (QED) is 0.546. The zero-order chi connectivity index (χ0) is 13.6. The molecule has 108 valence electrons. The summed E-state index contributed by atoms with van der Waals surface area (Å²) in [5.41, 5.74) is 0.589. The molecule has 0 radical (unpaired) electrons. The Morgan fingerprint density at radius 2 is 1.95 bits per heavy atom. The van der Waals surface area contributed by atoms with Gasteiger partial charge in [0, 0.05) is 18.7 Å². The minimum Gasteiger partial charge on any atom is -1.00 e. The Bertz CT molecular complexity index is 389. The Kier molecular flexibility index (Phi) is 8.25. The van der Waals surface area contributed by atoms with Gasteiger partial charge in [0.25, 0.3) is 0 Å². The standard InChI is InChI=1S/C13H19BrN2O2.BrH/c1-13(2,3)18-12(17)15-10-11-4-7-16(8-5-11)9-6-14;/h4-5,7-8H,6,9-10H2,1-3H3;1H. The summed E-state index contributed by atoms with van der Waals surface area (Å²) in [6.07, 6.45) is 3.60. The van der Waals surface area contributed by atoms with Gasteiger partial charge in [-0.05, 0) is 26.3 Å². The summed E-state index contributed by atoms with van der Waals surface area (Å²) in [6, 6.07) is 3.97. The average Bonchev–Trinajstić information content (AvgIpc) is 2.26. The maximum absolute atomic E-state index is 11.5. The number of nitrogens with one attached hydrogen (secondary N) is 1. The number of aryl methyl sites for hydroxylation is 1. The molecule has 0 spiro atoms. The predicted molar refractivity (Wildman–Crippen MR) is 73.5 cm³/mol. The molecule has 6 heteroatoms. The van der Waals surface area contributed by atoms with E-state index in [0.717, 1.165) is 17.4 Å². The summed E-state index contributed by atoms with van der Waals surface area (Å²) in [7, 11) is 0. The molecule has 1 aromatic rings. The van der Waals surface area contributed by atoms with E-state index >= 15 is 0 Å². The smallest absolute Gasteiger partial charge is 0.407 e. The number of hydrogen-bond acceptors (Lipinski definition) is 2. The first-order valence-electron chi connectivity index (χ1n) is 5.91. The fraction of sp³-hybridized carbons (Fsp3) is 0.538. The van der Waals surface area contributed by atoms with Crippen molar-refractivity contribution in [1.82, 2.24) is 5.32 Å². The third kappa shape index (κ3) is 8.21. The summed E-state index contributed by atoms with van der Waals surface area (Å²) in [4.78, 5) is 11.5. The third-order valence-corrected chi connectivity index (χ3v) is 2.49. The first-order chi connectivity index (χ1) is 8.40. The van der Waals surface area contributed by atoms with E-state index in [9.17, 15) is 4.79 Å². The van der Waals surface area contributed by atoms with Gasteiger partial charge in [0.05, 0.1) is 5.33 Å². The fourth-order valence-electron chi connectivity index (χ4n) is 1.34. The molecular weight excluding hydrogens is 376 g/mol. The van der Waals surface area contributed by atoms with Crippen LogP contribution in [0.4, 0.5) is 4.79 Å². The van der Waals surface area contributed by atoms with Gasteiger partial charge in [-0.3, -0.25) is 0 Å². The van der Waals surface area contributed by atoms with Crippen LogP contribution in [-0.2, 0) is 17.8 Å². The van der Waals surface area contributed by atoms with Crippen LogP contribution in [0.2, 0.25) is 0 Å². The molecule has 4 nitrogen and oxygen atoms in total. The zero-order valence-corrected chi connectivity index (χ0v) is 14.6. The number of rotatable bonds is 4. The van der Waals surface area contributed by atoms with Gasteiger partial charge in [0.2, 0.25) is 0 Å². The van der Waals surface area contributed by atoms with Crippen molar-refractivity contribution in [1.29, 1.82) is 0 Å². The molecule has 1 aromatic heterocycles. The summed E-state index contributed by atoms with van der Waals surface area (Å²) in [5, 5.41) is 3.65. The Labute approximate surface area is 133 Å². The highest BCUT2D eigenvalue weighted by atomic mass is 79.9. The predicted octanol–water partition coefficient (Wildman–Crippen LogP) is -0.602. The molecule has 1 rings (SSSR count). The lowest BCUT2D eigenvalue weighted by molar-refractivity contribution is -0.692. The number of alkyl halides is 1. The molecule has 0 bridgehead atoms. The van der Waals surface area contributed by atoms with Gasteiger partial charge in [-0.25, -0.2) is 9.36 Å². The molecule has 0 aliphatic carbocycles. The van der Waals surface area contributed by atoms with Gasteiger partial charge in [-0.1, -0.05) is 15.9 Å². The normalized spacial score (nSPS) is 10.5. The second kappa shape index (κ2) is 8.53. The number of nitrogens with zero attached hydrogens (tertiary/aromatic N) is 1. The number of pyridine rings is 1. The van der Waals surface area contributed by atoms with E-state index in [1.54, 1.807) is 0 Å². The van der Waals surface area contributed by atoms with Gasteiger partial charge >= 0.3 is 6.09 Å². The van der Waals surface area contributed by atoms with Crippen molar-refractivity contribution >= 4 is 22.0 Å². The molecule has 0 aliphatic heterocycles. The maximum atomic E-state index is 11.5. The molecule has 1 amide bonds. The lowest BCUT2D eigenvalue weighted by atomic mass is 10.2. The van der Waals surface area contributed by atoms with E-state index in [1.807, 2.05) is 45.3 Å². The molecule has 0 aliphatic rings. The fourth-order valence-corrected chi connectivity index (χ4v) is 1.75. The largest absolute Gasteiger partial charge is 1.00 e. The van der Waals surface area contributed by atoms with Crippen LogP contribution in [-0.4, -0.2) is 17.0 Å². The number of ether oxygens (including phenoxy) is 1. The van der Waals surface area contributed by atoms with Crippen LogP contribution < -0.4 is 26.9 Å². The second-order valence-electron chi connectivity index (χ2n) is 4.99. The topological polar surface area (TPSA) is 42.2 Å². The van der Waals surface area contributed by atoms with Crippen LogP contribution in [0.5, 0.6) is 0 Å². The molecule has 1 N–H and O–H groups in total. The van der Waals surface area contributed by atoms with Crippen molar-refractivity contribution in [3.63, 3.8) is 0 Å². The molecule has 0 saturated heterocycles. The number of hydrogen-bond donors (Lipinski definition) is 1. The number of carbonyl (C=O) groups excluding carboxylic acids is 1. The number of carbonyl (C=O) groups is 1. The Morgan fingerprint density at radius 1 is 1.37 bits per heavy atom. The average molecular weight is 396 g/mol.